The molecule has 0 aliphatic carbocycles. The number of amides is 1. The molecular formula is C15H14BrN3O. The van der Waals surface area contributed by atoms with E-state index in [1.807, 2.05) is 44.2 Å². The van der Waals surface area contributed by atoms with Gasteiger partial charge < -0.3 is 0 Å². The average molecular weight is 332 g/mol. The minimum absolute atomic E-state index is 0.255. The van der Waals surface area contributed by atoms with E-state index in [1.165, 1.54) is 6.08 Å². The smallest absolute Gasteiger partial charge is 0.250 e. The molecule has 0 fully saturated rings. The SMILES string of the molecule is Cc1nc(NC(=O)C=Cc2ccccc2)nc(C)c1Br. The van der Waals surface area contributed by atoms with Gasteiger partial charge in [0.05, 0.1) is 15.9 Å². The van der Waals surface area contributed by atoms with Gasteiger partial charge in [-0.3, -0.25) is 10.1 Å². The fraction of sp³-hybridized carbons (Fsp3) is 0.133. The Balaban J connectivity index is 2.07. The van der Waals surface area contributed by atoms with E-state index in [9.17, 15) is 4.79 Å². The first-order chi connectivity index (χ1) is 9.56. The lowest BCUT2D eigenvalue weighted by atomic mass is 10.2. The van der Waals surface area contributed by atoms with Gasteiger partial charge in [-0.2, -0.15) is 0 Å². The third-order valence-electron chi connectivity index (χ3n) is 2.64. The van der Waals surface area contributed by atoms with Gasteiger partial charge in [0.2, 0.25) is 5.95 Å². The van der Waals surface area contributed by atoms with E-state index in [0.717, 1.165) is 21.4 Å². The van der Waals surface area contributed by atoms with Crippen molar-refractivity contribution < 1.29 is 4.79 Å². The topological polar surface area (TPSA) is 54.9 Å². The molecule has 4 nitrogen and oxygen atoms in total. The standard InChI is InChI=1S/C15H14BrN3O/c1-10-14(16)11(2)18-15(17-10)19-13(20)9-8-12-6-4-3-5-7-12/h3-9H,1-2H3,(H,17,18,19,20). The normalized spacial score (nSPS) is 10.8. The highest BCUT2D eigenvalue weighted by atomic mass is 79.9. The molecule has 102 valence electrons. The number of rotatable bonds is 3. The first kappa shape index (κ1) is 14.4. The molecule has 2 aromatic rings. The van der Waals surface area contributed by atoms with Crippen molar-refractivity contribution in [3.05, 3.63) is 57.8 Å². The predicted molar refractivity (Wildman–Crippen MR) is 83.3 cm³/mol. The van der Waals surface area contributed by atoms with Gasteiger partial charge in [0.1, 0.15) is 0 Å². The third kappa shape index (κ3) is 3.74. The number of carbonyl (C=O) groups is 1. The second-order valence-corrected chi connectivity index (χ2v) is 5.06. The number of nitrogens with one attached hydrogen (secondary N) is 1. The summed E-state index contributed by atoms with van der Waals surface area (Å²) in [6.45, 7) is 3.71. The van der Waals surface area contributed by atoms with Crippen LogP contribution in [0.4, 0.5) is 5.95 Å². The van der Waals surface area contributed by atoms with Crippen LogP contribution in [-0.2, 0) is 4.79 Å². The molecule has 0 radical (unpaired) electrons. The van der Waals surface area contributed by atoms with E-state index in [1.54, 1.807) is 6.08 Å². The van der Waals surface area contributed by atoms with Crippen molar-refractivity contribution in [3.63, 3.8) is 0 Å². The minimum atomic E-state index is -0.255. The number of benzene rings is 1. The molecule has 1 N–H and O–H groups in total. The van der Waals surface area contributed by atoms with Crippen LogP contribution in [0.25, 0.3) is 6.08 Å². The first-order valence-corrected chi connectivity index (χ1v) is 6.90. The van der Waals surface area contributed by atoms with Gasteiger partial charge in [-0.05, 0) is 41.4 Å². The third-order valence-corrected chi connectivity index (χ3v) is 3.79. The Hall–Kier alpha value is -2.01. The zero-order valence-electron chi connectivity index (χ0n) is 11.2. The Morgan fingerprint density at radius 1 is 1.15 bits per heavy atom. The first-order valence-electron chi connectivity index (χ1n) is 6.11. The Bertz CT molecular complexity index is 630. The quantitative estimate of drug-likeness (QED) is 0.875. The summed E-state index contributed by atoms with van der Waals surface area (Å²) in [5, 5.41) is 2.65. The molecule has 0 spiro atoms. The second kappa shape index (κ2) is 6.43. The van der Waals surface area contributed by atoms with E-state index in [0.29, 0.717) is 5.95 Å². The van der Waals surface area contributed by atoms with E-state index in [-0.39, 0.29) is 5.91 Å². The van der Waals surface area contributed by atoms with Gasteiger partial charge >= 0.3 is 0 Å². The highest BCUT2D eigenvalue weighted by molar-refractivity contribution is 9.10. The molecule has 0 bridgehead atoms. The molecule has 0 aliphatic rings. The molecule has 5 heteroatoms. The summed E-state index contributed by atoms with van der Waals surface area (Å²) in [5.41, 5.74) is 2.55. The number of nitrogens with zero attached hydrogens (tertiary/aromatic N) is 2. The lowest BCUT2D eigenvalue weighted by Gasteiger charge is -2.05. The lowest BCUT2D eigenvalue weighted by molar-refractivity contribution is -0.111. The van der Waals surface area contributed by atoms with Crippen molar-refractivity contribution >= 4 is 33.9 Å². The maximum atomic E-state index is 11.8. The lowest BCUT2D eigenvalue weighted by Crippen LogP contribution is -2.12. The predicted octanol–water partition coefficient (Wildman–Crippen LogP) is 3.51. The molecule has 0 atom stereocenters. The average Bonchev–Trinajstić information content (AvgIpc) is 2.43. The molecule has 0 unspecified atom stereocenters. The van der Waals surface area contributed by atoms with Crippen LogP contribution in [-0.4, -0.2) is 15.9 Å². The van der Waals surface area contributed by atoms with Crippen molar-refractivity contribution in [2.75, 3.05) is 5.32 Å². The van der Waals surface area contributed by atoms with Crippen molar-refractivity contribution in [2.45, 2.75) is 13.8 Å². The highest BCUT2D eigenvalue weighted by Gasteiger charge is 2.07. The fourth-order valence-corrected chi connectivity index (χ4v) is 1.82. The van der Waals surface area contributed by atoms with Gasteiger partial charge in [0, 0.05) is 6.08 Å². The van der Waals surface area contributed by atoms with Crippen LogP contribution in [0.5, 0.6) is 0 Å². The zero-order valence-corrected chi connectivity index (χ0v) is 12.8. The molecule has 0 aliphatic heterocycles. The molecule has 1 amide bonds. The number of hydrogen-bond donors (Lipinski definition) is 1. The Labute approximate surface area is 126 Å². The van der Waals surface area contributed by atoms with Crippen LogP contribution >= 0.6 is 15.9 Å². The Morgan fingerprint density at radius 2 is 1.75 bits per heavy atom. The van der Waals surface area contributed by atoms with E-state index < -0.39 is 0 Å². The number of aromatic nitrogens is 2. The molecular weight excluding hydrogens is 318 g/mol. The molecule has 1 aromatic carbocycles. The molecule has 20 heavy (non-hydrogen) atoms. The number of aryl methyl sites for hydroxylation is 2. The van der Waals surface area contributed by atoms with Gasteiger partial charge in [-0.25, -0.2) is 9.97 Å². The number of anilines is 1. The van der Waals surface area contributed by atoms with Crippen molar-refractivity contribution in [1.82, 2.24) is 9.97 Å². The molecule has 1 heterocycles. The molecule has 0 saturated carbocycles. The number of halogens is 1. The molecule has 1 aromatic heterocycles. The van der Waals surface area contributed by atoms with Gasteiger partial charge in [-0.15, -0.1) is 0 Å². The van der Waals surface area contributed by atoms with E-state index >= 15 is 0 Å². The maximum Gasteiger partial charge on any atom is 0.250 e. The van der Waals surface area contributed by atoms with Gasteiger partial charge in [-0.1, -0.05) is 30.3 Å². The van der Waals surface area contributed by atoms with Gasteiger partial charge in [0.15, 0.2) is 0 Å². The summed E-state index contributed by atoms with van der Waals surface area (Å²) in [6, 6.07) is 9.62. The summed E-state index contributed by atoms with van der Waals surface area (Å²) in [5.74, 6) is 0.0564. The zero-order chi connectivity index (χ0) is 14.5. The van der Waals surface area contributed by atoms with Crippen LogP contribution in [0.15, 0.2) is 40.9 Å². The summed E-state index contributed by atoms with van der Waals surface area (Å²) < 4.78 is 0.857. The van der Waals surface area contributed by atoms with Crippen molar-refractivity contribution in [3.8, 4) is 0 Å². The number of carbonyl (C=O) groups excluding carboxylic acids is 1. The van der Waals surface area contributed by atoms with Crippen molar-refractivity contribution in [2.24, 2.45) is 0 Å². The van der Waals surface area contributed by atoms with E-state index in [4.69, 9.17) is 0 Å². The molecule has 2 rings (SSSR count). The minimum Gasteiger partial charge on any atom is -0.291 e. The fourth-order valence-electron chi connectivity index (χ4n) is 1.65. The Morgan fingerprint density at radius 3 is 2.35 bits per heavy atom. The maximum absolute atomic E-state index is 11.8. The largest absolute Gasteiger partial charge is 0.291 e. The highest BCUT2D eigenvalue weighted by Crippen LogP contribution is 2.18. The summed E-state index contributed by atoms with van der Waals surface area (Å²) in [7, 11) is 0. The summed E-state index contributed by atoms with van der Waals surface area (Å²) in [6.07, 6.45) is 3.21. The monoisotopic (exact) mass is 331 g/mol. The van der Waals surface area contributed by atoms with Crippen LogP contribution < -0.4 is 5.32 Å². The van der Waals surface area contributed by atoms with Crippen LogP contribution in [0, 0.1) is 13.8 Å². The summed E-state index contributed by atoms with van der Waals surface area (Å²) >= 11 is 3.39. The molecule has 0 saturated heterocycles. The van der Waals surface area contributed by atoms with Crippen molar-refractivity contribution in [1.29, 1.82) is 0 Å². The van der Waals surface area contributed by atoms with Crippen LogP contribution in [0.1, 0.15) is 17.0 Å². The van der Waals surface area contributed by atoms with Crippen LogP contribution in [0.2, 0.25) is 0 Å². The summed E-state index contributed by atoms with van der Waals surface area (Å²) in [4.78, 5) is 20.2. The van der Waals surface area contributed by atoms with E-state index in [2.05, 4.69) is 31.2 Å². The van der Waals surface area contributed by atoms with Crippen LogP contribution in [0.3, 0.4) is 0 Å². The number of hydrogen-bond acceptors (Lipinski definition) is 3. The second-order valence-electron chi connectivity index (χ2n) is 4.27. The Kier molecular flexibility index (Phi) is 4.63. The van der Waals surface area contributed by atoms with Gasteiger partial charge in [0.25, 0.3) is 5.91 Å².